The van der Waals surface area contributed by atoms with E-state index in [-0.39, 0.29) is 11.9 Å². The highest BCUT2D eigenvalue weighted by Gasteiger charge is 1.91. The van der Waals surface area contributed by atoms with Gasteiger partial charge >= 0.3 is 0 Å². The van der Waals surface area contributed by atoms with Gasteiger partial charge in [0.2, 0.25) is 0 Å². The third-order valence-corrected chi connectivity index (χ3v) is 1.32. The fraction of sp³-hybridized carbons (Fsp3) is 0.222. The predicted octanol–water partition coefficient (Wildman–Crippen LogP) is 1.58. The molecule has 0 saturated heterocycles. The largest absolute Gasteiger partial charge is 0.325 e. The van der Waals surface area contributed by atoms with Crippen molar-refractivity contribution < 1.29 is 4.39 Å². The third-order valence-electron chi connectivity index (χ3n) is 1.32. The SMILES string of the molecule is CC(N)/C=C/c1cncc(F)c1. The number of nitrogens with two attached hydrogens (primary N) is 1. The predicted molar refractivity (Wildman–Crippen MR) is 46.9 cm³/mol. The summed E-state index contributed by atoms with van der Waals surface area (Å²) in [5.74, 6) is -0.332. The van der Waals surface area contributed by atoms with Crippen LogP contribution in [0.2, 0.25) is 0 Å². The van der Waals surface area contributed by atoms with E-state index in [1.165, 1.54) is 12.3 Å². The molecule has 0 aliphatic carbocycles. The smallest absolute Gasteiger partial charge is 0.142 e. The van der Waals surface area contributed by atoms with Gasteiger partial charge in [0.25, 0.3) is 0 Å². The number of hydrogen-bond donors (Lipinski definition) is 1. The van der Waals surface area contributed by atoms with Crippen molar-refractivity contribution >= 4 is 6.08 Å². The highest BCUT2D eigenvalue weighted by molar-refractivity contribution is 5.48. The molecule has 0 bridgehead atoms. The average Bonchev–Trinajstić information content (AvgIpc) is 2.01. The van der Waals surface area contributed by atoms with Crippen molar-refractivity contribution in [1.29, 1.82) is 0 Å². The van der Waals surface area contributed by atoms with Crippen molar-refractivity contribution in [2.75, 3.05) is 0 Å². The first kappa shape index (κ1) is 8.87. The number of nitrogens with zero attached hydrogens (tertiary/aromatic N) is 1. The van der Waals surface area contributed by atoms with Gasteiger partial charge in [0.15, 0.2) is 0 Å². The Balaban J connectivity index is 2.76. The molecule has 0 spiro atoms. The standard InChI is InChI=1S/C9H11FN2/c1-7(11)2-3-8-4-9(10)6-12-5-8/h2-7H,11H2,1H3/b3-2+. The molecule has 0 fully saturated rings. The molecule has 3 heteroatoms. The normalized spacial score (nSPS) is 13.6. The van der Waals surface area contributed by atoms with Gasteiger partial charge in [-0.15, -0.1) is 0 Å². The Kier molecular flexibility index (Phi) is 2.94. The van der Waals surface area contributed by atoms with Crippen LogP contribution >= 0.6 is 0 Å². The highest BCUT2D eigenvalue weighted by atomic mass is 19.1. The summed E-state index contributed by atoms with van der Waals surface area (Å²) in [5, 5.41) is 0. The Hall–Kier alpha value is -1.22. The maximum Gasteiger partial charge on any atom is 0.142 e. The molecule has 1 aromatic rings. The quantitative estimate of drug-likeness (QED) is 0.724. The van der Waals surface area contributed by atoms with Gasteiger partial charge in [-0.2, -0.15) is 0 Å². The van der Waals surface area contributed by atoms with Crippen LogP contribution in [0.5, 0.6) is 0 Å². The molecule has 1 unspecified atom stereocenters. The Bertz CT molecular complexity index is 282. The first-order valence-corrected chi connectivity index (χ1v) is 3.73. The molecule has 0 aliphatic heterocycles. The summed E-state index contributed by atoms with van der Waals surface area (Å²) >= 11 is 0. The lowest BCUT2D eigenvalue weighted by Gasteiger charge is -1.95. The summed E-state index contributed by atoms with van der Waals surface area (Å²) in [6, 6.07) is 1.39. The van der Waals surface area contributed by atoms with Gasteiger partial charge in [0.1, 0.15) is 5.82 Å². The number of aromatic nitrogens is 1. The molecule has 2 N–H and O–H groups in total. The molecule has 64 valence electrons. The lowest BCUT2D eigenvalue weighted by Crippen LogP contribution is -2.09. The zero-order valence-corrected chi connectivity index (χ0v) is 6.87. The van der Waals surface area contributed by atoms with Crippen molar-refractivity contribution in [3.8, 4) is 0 Å². The maximum atomic E-state index is 12.6. The Morgan fingerprint density at radius 2 is 2.33 bits per heavy atom. The number of halogens is 1. The van der Waals surface area contributed by atoms with Crippen LogP contribution in [0, 0.1) is 5.82 Å². The van der Waals surface area contributed by atoms with Gasteiger partial charge in [0, 0.05) is 12.2 Å². The fourth-order valence-electron chi connectivity index (χ4n) is 0.782. The molecule has 1 aromatic heterocycles. The van der Waals surface area contributed by atoms with Gasteiger partial charge in [-0.25, -0.2) is 4.39 Å². The van der Waals surface area contributed by atoms with Gasteiger partial charge in [-0.05, 0) is 18.6 Å². The first-order valence-electron chi connectivity index (χ1n) is 3.73. The van der Waals surface area contributed by atoms with Gasteiger partial charge in [-0.3, -0.25) is 4.98 Å². The second kappa shape index (κ2) is 3.97. The average molecular weight is 166 g/mol. The van der Waals surface area contributed by atoms with Crippen LogP contribution in [0.1, 0.15) is 12.5 Å². The second-order valence-corrected chi connectivity index (χ2v) is 2.65. The summed E-state index contributed by atoms with van der Waals surface area (Å²) in [7, 11) is 0. The topological polar surface area (TPSA) is 38.9 Å². The minimum atomic E-state index is -0.332. The van der Waals surface area contributed by atoms with E-state index in [1.807, 2.05) is 6.92 Å². The lowest BCUT2D eigenvalue weighted by atomic mass is 10.2. The summed E-state index contributed by atoms with van der Waals surface area (Å²) < 4.78 is 12.6. The minimum Gasteiger partial charge on any atom is -0.325 e. The lowest BCUT2D eigenvalue weighted by molar-refractivity contribution is 0.621. The van der Waals surface area contributed by atoms with Crippen LogP contribution in [0.4, 0.5) is 4.39 Å². The molecule has 1 atom stereocenters. The summed E-state index contributed by atoms with van der Waals surface area (Å²) in [5.41, 5.74) is 6.21. The highest BCUT2D eigenvalue weighted by Crippen LogP contribution is 2.02. The third kappa shape index (κ3) is 2.80. The zero-order chi connectivity index (χ0) is 8.97. The van der Waals surface area contributed by atoms with E-state index in [9.17, 15) is 4.39 Å². The van der Waals surface area contributed by atoms with Crippen molar-refractivity contribution in [3.63, 3.8) is 0 Å². The van der Waals surface area contributed by atoms with E-state index < -0.39 is 0 Å². The molecule has 2 nitrogen and oxygen atoms in total. The van der Waals surface area contributed by atoms with Crippen molar-refractivity contribution in [1.82, 2.24) is 4.98 Å². The number of hydrogen-bond acceptors (Lipinski definition) is 2. The minimum absolute atomic E-state index is 0.0201. The van der Waals surface area contributed by atoms with Crippen molar-refractivity contribution in [2.24, 2.45) is 5.73 Å². The van der Waals surface area contributed by atoms with E-state index in [0.717, 1.165) is 5.56 Å². The summed E-state index contributed by atoms with van der Waals surface area (Å²) in [4.78, 5) is 3.70. The van der Waals surface area contributed by atoms with Crippen molar-refractivity contribution in [3.05, 3.63) is 35.9 Å². The van der Waals surface area contributed by atoms with Crippen LogP contribution in [-0.4, -0.2) is 11.0 Å². The van der Waals surface area contributed by atoms with E-state index in [1.54, 1.807) is 18.3 Å². The van der Waals surface area contributed by atoms with Crippen LogP contribution in [-0.2, 0) is 0 Å². The van der Waals surface area contributed by atoms with Crippen LogP contribution in [0.3, 0.4) is 0 Å². The molecule has 0 aromatic carbocycles. The Morgan fingerprint density at radius 3 is 2.92 bits per heavy atom. The molecule has 1 rings (SSSR count). The van der Waals surface area contributed by atoms with E-state index in [2.05, 4.69) is 4.98 Å². The van der Waals surface area contributed by atoms with E-state index in [0.29, 0.717) is 0 Å². The van der Waals surface area contributed by atoms with Crippen LogP contribution in [0.15, 0.2) is 24.5 Å². The van der Waals surface area contributed by atoms with Gasteiger partial charge < -0.3 is 5.73 Å². The second-order valence-electron chi connectivity index (χ2n) is 2.65. The molecule has 12 heavy (non-hydrogen) atoms. The molecular weight excluding hydrogens is 155 g/mol. The van der Waals surface area contributed by atoms with E-state index >= 15 is 0 Å². The van der Waals surface area contributed by atoms with Gasteiger partial charge in [0.05, 0.1) is 6.20 Å². The monoisotopic (exact) mass is 166 g/mol. The number of rotatable bonds is 2. The zero-order valence-electron chi connectivity index (χ0n) is 6.87. The fourth-order valence-corrected chi connectivity index (χ4v) is 0.782. The van der Waals surface area contributed by atoms with Crippen molar-refractivity contribution in [2.45, 2.75) is 13.0 Å². The van der Waals surface area contributed by atoms with Crippen LogP contribution in [0.25, 0.3) is 6.08 Å². The molecule has 0 amide bonds. The number of pyridine rings is 1. The Labute approximate surface area is 70.9 Å². The summed E-state index contributed by atoms with van der Waals surface area (Å²) in [6.45, 7) is 1.85. The molecule has 1 heterocycles. The van der Waals surface area contributed by atoms with Gasteiger partial charge in [-0.1, -0.05) is 12.2 Å². The van der Waals surface area contributed by atoms with Crippen LogP contribution < -0.4 is 5.73 Å². The molecule has 0 saturated carbocycles. The first-order chi connectivity index (χ1) is 5.68. The Morgan fingerprint density at radius 1 is 1.58 bits per heavy atom. The van der Waals surface area contributed by atoms with E-state index in [4.69, 9.17) is 5.73 Å². The molecule has 0 radical (unpaired) electrons. The summed E-state index contributed by atoms with van der Waals surface area (Å²) in [6.07, 6.45) is 6.29. The molecular formula is C9H11FN2. The molecule has 0 aliphatic rings. The maximum absolute atomic E-state index is 12.6.